The topological polar surface area (TPSA) is 72.6 Å². The van der Waals surface area contributed by atoms with Crippen LogP contribution < -0.4 is 5.73 Å². The lowest BCUT2D eigenvalue weighted by molar-refractivity contribution is 0.00858. The van der Waals surface area contributed by atoms with Gasteiger partial charge in [0, 0.05) is 31.6 Å². The van der Waals surface area contributed by atoms with Gasteiger partial charge >= 0.3 is 0 Å². The standard InChI is InChI=1S/C12H19BrN2O3S2/c1-15(8-9-4-2-3-5-18-9)20(16,17)11-6-10(7-14)19-12(11)13/h6,9H,2-5,7-8,14H2,1H3. The highest BCUT2D eigenvalue weighted by Crippen LogP contribution is 2.33. The number of hydrogen-bond acceptors (Lipinski definition) is 5. The Labute approximate surface area is 132 Å². The molecule has 5 nitrogen and oxygen atoms in total. The highest BCUT2D eigenvalue weighted by molar-refractivity contribution is 9.11. The summed E-state index contributed by atoms with van der Waals surface area (Å²) in [4.78, 5) is 1.14. The molecular weight excluding hydrogens is 364 g/mol. The zero-order valence-electron chi connectivity index (χ0n) is 11.3. The lowest BCUT2D eigenvalue weighted by atomic mass is 10.1. The molecule has 1 aliphatic heterocycles. The van der Waals surface area contributed by atoms with Gasteiger partial charge in [0.1, 0.15) is 4.90 Å². The number of rotatable bonds is 5. The van der Waals surface area contributed by atoms with E-state index >= 15 is 0 Å². The minimum absolute atomic E-state index is 0.00471. The fraction of sp³-hybridized carbons (Fsp3) is 0.667. The molecule has 0 aliphatic carbocycles. The summed E-state index contributed by atoms with van der Waals surface area (Å²) in [6.07, 6.45) is 3.06. The fourth-order valence-corrected chi connectivity index (χ4v) is 5.89. The van der Waals surface area contributed by atoms with Crippen LogP contribution in [0.2, 0.25) is 0 Å². The van der Waals surface area contributed by atoms with E-state index in [0.29, 0.717) is 21.8 Å². The second-order valence-corrected chi connectivity index (χ2v) is 9.30. The van der Waals surface area contributed by atoms with E-state index in [9.17, 15) is 8.42 Å². The normalized spacial score (nSPS) is 20.5. The minimum Gasteiger partial charge on any atom is -0.377 e. The number of halogens is 1. The Morgan fingerprint density at radius 2 is 2.30 bits per heavy atom. The first kappa shape index (κ1) is 16.4. The molecule has 2 rings (SSSR count). The minimum atomic E-state index is -3.50. The van der Waals surface area contributed by atoms with Gasteiger partial charge in [-0.05, 0) is 41.3 Å². The maximum absolute atomic E-state index is 12.6. The molecule has 1 saturated heterocycles. The van der Waals surface area contributed by atoms with Crippen molar-refractivity contribution in [2.45, 2.75) is 36.8 Å². The molecule has 0 radical (unpaired) electrons. The number of likely N-dealkylation sites (N-methyl/N-ethyl adjacent to an activating group) is 1. The summed E-state index contributed by atoms with van der Waals surface area (Å²) in [6, 6.07) is 1.64. The SMILES string of the molecule is CN(CC1CCCCO1)S(=O)(=O)c1cc(CN)sc1Br. The van der Waals surface area contributed by atoms with Crippen LogP contribution in [0, 0.1) is 0 Å². The second-order valence-electron chi connectivity index (χ2n) is 4.83. The van der Waals surface area contributed by atoms with E-state index in [1.165, 1.54) is 15.6 Å². The smallest absolute Gasteiger partial charge is 0.244 e. The fourth-order valence-electron chi connectivity index (χ4n) is 2.18. The van der Waals surface area contributed by atoms with Gasteiger partial charge in [-0.15, -0.1) is 11.3 Å². The zero-order chi connectivity index (χ0) is 14.8. The van der Waals surface area contributed by atoms with Crippen LogP contribution in [0.4, 0.5) is 0 Å². The number of hydrogen-bond donors (Lipinski definition) is 1. The van der Waals surface area contributed by atoms with Crippen molar-refractivity contribution in [1.29, 1.82) is 0 Å². The van der Waals surface area contributed by atoms with Gasteiger partial charge in [-0.1, -0.05) is 0 Å². The molecule has 2 heterocycles. The maximum Gasteiger partial charge on any atom is 0.244 e. The second kappa shape index (κ2) is 6.85. The first-order valence-corrected chi connectivity index (χ1v) is 9.56. The van der Waals surface area contributed by atoms with Crippen molar-refractivity contribution in [3.8, 4) is 0 Å². The molecule has 8 heteroatoms. The van der Waals surface area contributed by atoms with E-state index in [-0.39, 0.29) is 6.10 Å². The molecule has 0 aromatic carbocycles. The van der Waals surface area contributed by atoms with Crippen LogP contribution in [-0.4, -0.2) is 39.0 Å². The quantitative estimate of drug-likeness (QED) is 0.846. The zero-order valence-corrected chi connectivity index (χ0v) is 14.6. The van der Waals surface area contributed by atoms with Crippen molar-refractivity contribution in [3.05, 3.63) is 14.7 Å². The van der Waals surface area contributed by atoms with Gasteiger partial charge in [0.05, 0.1) is 9.89 Å². The predicted molar refractivity (Wildman–Crippen MR) is 83.3 cm³/mol. The Hall–Kier alpha value is 0.01000. The molecular formula is C12H19BrN2O3S2. The third-order valence-corrected chi connectivity index (χ3v) is 7.43. The van der Waals surface area contributed by atoms with E-state index in [2.05, 4.69) is 15.9 Å². The van der Waals surface area contributed by atoms with E-state index in [1.54, 1.807) is 13.1 Å². The molecule has 1 atom stereocenters. The number of sulfonamides is 1. The third-order valence-electron chi connectivity index (χ3n) is 3.33. The Bertz CT molecular complexity index is 553. The van der Waals surface area contributed by atoms with Crippen molar-refractivity contribution in [2.75, 3.05) is 20.2 Å². The summed E-state index contributed by atoms with van der Waals surface area (Å²) in [5.74, 6) is 0. The monoisotopic (exact) mass is 382 g/mol. The molecule has 0 amide bonds. The summed E-state index contributed by atoms with van der Waals surface area (Å²) in [5, 5.41) is 0. The Morgan fingerprint density at radius 3 is 2.85 bits per heavy atom. The van der Waals surface area contributed by atoms with Gasteiger partial charge in [0.15, 0.2) is 0 Å². The van der Waals surface area contributed by atoms with Gasteiger partial charge in [0.2, 0.25) is 10.0 Å². The Kier molecular flexibility index (Phi) is 5.61. The molecule has 1 aliphatic rings. The summed E-state index contributed by atoms with van der Waals surface area (Å²) >= 11 is 4.67. The van der Waals surface area contributed by atoms with E-state index in [4.69, 9.17) is 10.5 Å². The summed E-state index contributed by atoms with van der Waals surface area (Å²) in [7, 11) is -1.90. The van der Waals surface area contributed by atoms with E-state index in [0.717, 1.165) is 30.7 Å². The molecule has 0 spiro atoms. The third kappa shape index (κ3) is 3.61. The first-order chi connectivity index (χ1) is 9.45. The molecule has 1 aromatic rings. The van der Waals surface area contributed by atoms with Gasteiger partial charge in [-0.2, -0.15) is 4.31 Å². The van der Waals surface area contributed by atoms with E-state index < -0.39 is 10.0 Å². The molecule has 20 heavy (non-hydrogen) atoms. The predicted octanol–water partition coefficient (Wildman–Crippen LogP) is 2.16. The highest BCUT2D eigenvalue weighted by Gasteiger charge is 2.28. The van der Waals surface area contributed by atoms with Crippen molar-refractivity contribution >= 4 is 37.3 Å². The number of nitrogens with two attached hydrogens (primary N) is 1. The van der Waals surface area contributed by atoms with Gasteiger partial charge in [0.25, 0.3) is 0 Å². The molecule has 114 valence electrons. The summed E-state index contributed by atoms with van der Waals surface area (Å²) in [6.45, 7) is 1.45. The van der Waals surface area contributed by atoms with Gasteiger partial charge < -0.3 is 10.5 Å². The molecule has 1 unspecified atom stereocenters. The van der Waals surface area contributed by atoms with Gasteiger partial charge in [-0.25, -0.2) is 8.42 Å². The van der Waals surface area contributed by atoms with Crippen LogP contribution in [0.25, 0.3) is 0 Å². The molecule has 1 aromatic heterocycles. The van der Waals surface area contributed by atoms with Crippen LogP contribution in [0.15, 0.2) is 14.7 Å². The van der Waals surface area contributed by atoms with Crippen molar-refractivity contribution < 1.29 is 13.2 Å². The highest BCUT2D eigenvalue weighted by atomic mass is 79.9. The van der Waals surface area contributed by atoms with Crippen LogP contribution in [0.1, 0.15) is 24.1 Å². The lowest BCUT2D eigenvalue weighted by Gasteiger charge is -2.26. The van der Waals surface area contributed by atoms with E-state index in [1.807, 2.05) is 0 Å². The summed E-state index contributed by atoms with van der Waals surface area (Å²) < 4.78 is 32.7. The van der Waals surface area contributed by atoms with Crippen LogP contribution in [0.3, 0.4) is 0 Å². The van der Waals surface area contributed by atoms with Gasteiger partial charge in [-0.3, -0.25) is 0 Å². The molecule has 0 bridgehead atoms. The van der Waals surface area contributed by atoms with Crippen LogP contribution >= 0.6 is 27.3 Å². The van der Waals surface area contributed by atoms with Crippen LogP contribution in [0.5, 0.6) is 0 Å². The molecule has 0 saturated carbocycles. The van der Waals surface area contributed by atoms with Crippen molar-refractivity contribution in [1.82, 2.24) is 4.31 Å². The average Bonchev–Trinajstić information content (AvgIpc) is 2.82. The maximum atomic E-state index is 12.6. The molecule has 1 fully saturated rings. The number of nitrogens with zero attached hydrogens (tertiary/aromatic N) is 1. The largest absolute Gasteiger partial charge is 0.377 e. The van der Waals surface area contributed by atoms with Crippen LogP contribution in [-0.2, 0) is 21.3 Å². The Balaban J connectivity index is 2.13. The summed E-state index contributed by atoms with van der Waals surface area (Å²) in [5.41, 5.74) is 5.56. The number of ether oxygens (including phenoxy) is 1. The average molecular weight is 383 g/mol. The number of thiophene rings is 1. The van der Waals surface area contributed by atoms with Crippen molar-refractivity contribution in [2.24, 2.45) is 5.73 Å². The molecule has 2 N–H and O–H groups in total. The van der Waals surface area contributed by atoms with Crippen molar-refractivity contribution in [3.63, 3.8) is 0 Å². The Morgan fingerprint density at radius 1 is 1.55 bits per heavy atom. The lowest BCUT2D eigenvalue weighted by Crippen LogP contribution is -2.37. The first-order valence-electron chi connectivity index (χ1n) is 6.51.